The lowest BCUT2D eigenvalue weighted by atomic mass is 9.80. The summed E-state index contributed by atoms with van der Waals surface area (Å²) in [5.41, 5.74) is 8.38. The molecule has 2 aliphatic rings. The third-order valence-corrected chi connectivity index (χ3v) is 3.30. The average Bonchev–Trinajstić information content (AvgIpc) is 2.31. The normalized spacial score (nSPS) is 40.3. The van der Waals surface area contributed by atoms with Crippen molar-refractivity contribution in [2.45, 2.75) is 26.7 Å². The van der Waals surface area contributed by atoms with Crippen LogP contribution in [0.3, 0.4) is 0 Å². The highest BCUT2D eigenvalue weighted by Crippen LogP contribution is 2.43. The highest BCUT2D eigenvalue weighted by Gasteiger charge is 2.33. The summed E-state index contributed by atoms with van der Waals surface area (Å²) in [4.78, 5) is 0. The highest BCUT2D eigenvalue weighted by atomic mass is 14.6. The average molecular weight is 163 g/mol. The third-order valence-electron chi connectivity index (χ3n) is 3.30. The van der Waals surface area contributed by atoms with Crippen molar-refractivity contribution in [3.8, 4) is 0 Å². The standard InChI is InChI=1S/C11H17N/c1-7-3-4-9-6-10(12)5-8(2)11(7)9/h5-8,11H,3-4,12H2,1-2H3. The number of rotatable bonds is 0. The molecule has 1 saturated carbocycles. The van der Waals surface area contributed by atoms with Crippen molar-refractivity contribution in [2.24, 2.45) is 23.5 Å². The molecule has 1 heteroatoms. The Labute approximate surface area is 74.3 Å². The number of nitrogens with two attached hydrogens (primary N) is 1. The molecule has 3 unspecified atom stereocenters. The van der Waals surface area contributed by atoms with Crippen LogP contribution in [0.25, 0.3) is 0 Å². The highest BCUT2D eigenvalue weighted by molar-refractivity contribution is 5.31. The first-order chi connectivity index (χ1) is 5.68. The van der Waals surface area contributed by atoms with Gasteiger partial charge in [-0.05, 0) is 36.7 Å². The maximum Gasteiger partial charge on any atom is 0.0276 e. The van der Waals surface area contributed by atoms with E-state index in [1.54, 1.807) is 5.57 Å². The van der Waals surface area contributed by atoms with E-state index in [4.69, 9.17) is 5.73 Å². The molecule has 2 N–H and O–H groups in total. The van der Waals surface area contributed by atoms with Gasteiger partial charge in [-0.3, -0.25) is 0 Å². The Bertz CT molecular complexity index is 250. The fourth-order valence-corrected chi connectivity index (χ4v) is 2.80. The van der Waals surface area contributed by atoms with Crippen LogP contribution < -0.4 is 5.73 Å². The molecule has 12 heavy (non-hydrogen) atoms. The van der Waals surface area contributed by atoms with Gasteiger partial charge in [-0.25, -0.2) is 0 Å². The molecule has 0 radical (unpaired) electrons. The molecule has 0 saturated heterocycles. The van der Waals surface area contributed by atoms with E-state index < -0.39 is 0 Å². The molecule has 0 heterocycles. The van der Waals surface area contributed by atoms with Gasteiger partial charge in [0.05, 0.1) is 0 Å². The van der Waals surface area contributed by atoms with Gasteiger partial charge in [0.2, 0.25) is 0 Å². The van der Waals surface area contributed by atoms with E-state index in [-0.39, 0.29) is 0 Å². The fourth-order valence-electron chi connectivity index (χ4n) is 2.80. The summed E-state index contributed by atoms with van der Waals surface area (Å²) in [6.07, 6.45) is 7.01. The number of fused-ring (bicyclic) bond motifs is 1. The molecular weight excluding hydrogens is 146 g/mol. The van der Waals surface area contributed by atoms with Gasteiger partial charge in [-0.2, -0.15) is 0 Å². The number of allylic oxidation sites excluding steroid dienone is 3. The number of hydrogen-bond acceptors (Lipinski definition) is 1. The Morgan fingerprint density at radius 1 is 1.42 bits per heavy atom. The zero-order valence-corrected chi connectivity index (χ0v) is 7.88. The van der Waals surface area contributed by atoms with Crippen LogP contribution in [0.4, 0.5) is 0 Å². The van der Waals surface area contributed by atoms with E-state index in [0.29, 0.717) is 5.92 Å². The van der Waals surface area contributed by atoms with Crippen LogP contribution in [0.5, 0.6) is 0 Å². The smallest absolute Gasteiger partial charge is 0.0276 e. The summed E-state index contributed by atoms with van der Waals surface area (Å²) < 4.78 is 0. The first-order valence-electron chi connectivity index (χ1n) is 4.86. The van der Waals surface area contributed by atoms with Gasteiger partial charge in [0.25, 0.3) is 0 Å². The number of hydrogen-bond donors (Lipinski definition) is 1. The van der Waals surface area contributed by atoms with Crippen LogP contribution in [0.2, 0.25) is 0 Å². The summed E-state index contributed by atoms with van der Waals surface area (Å²) in [5, 5.41) is 0. The SMILES string of the molecule is CC1C=C(N)C=C2CCC(C)C21. The fraction of sp³-hybridized carbons (Fsp3) is 0.636. The van der Waals surface area contributed by atoms with Crippen LogP contribution in [0, 0.1) is 17.8 Å². The topological polar surface area (TPSA) is 26.0 Å². The zero-order valence-electron chi connectivity index (χ0n) is 7.88. The van der Waals surface area contributed by atoms with Crippen molar-refractivity contribution in [1.29, 1.82) is 0 Å². The Morgan fingerprint density at radius 2 is 2.17 bits per heavy atom. The summed E-state index contributed by atoms with van der Waals surface area (Å²) in [5.74, 6) is 2.30. The van der Waals surface area contributed by atoms with Crippen LogP contribution in [0.1, 0.15) is 26.7 Å². The van der Waals surface area contributed by atoms with E-state index in [1.807, 2.05) is 0 Å². The lowest BCUT2D eigenvalue weighted by Crippen LogP contribution is -2.19. The summed E-state index contributed by atoms with van der Waals surface area (Å²) in [6, 6.07) is 0. The lowest BCUT2D eigenvalue weighted by Gasteiger charge is -2.26. The van der Waals surface area contributed by atoms with Gasteiger partial charge in [-0.15, -0.1) is 0 Å². The second-order valence-electron chi connectivity index (χ2n) is 4.29. The van der Waals surface area contributed by atoms with Gasteiger partial charge in [0, 0.05) is 5.70 Å². The molecule has 0 aliphatic heterocycles. The maximum atomic E-state index is 5.81. The van der Waals surface area contributed by atoms with Gasteiger partial charge in [0.1, 0.15) is 0 Å². The molecule has 66 valence electrons. The minimum absolute atomic E-state index is 0.655. The van der Waals surface area contributed by atoms with Gasteiger partial charge in [0.15, 0.2) is 0 Å². The maximum absolute atomic E-state index is 5.81. The van der Waals surface area contributed by atoms with Gasteiger partial charge >= 0.3 is 0 Å². The molecule has 0 aromatic carbocycles. The van der Waals surface area contributed by atoms with E-state index >= 15 is 0 Å². The van der Waals surface area contributed by atoms with Crippen molar-refractivity contribution < 1.29 is 0 Å². The summed E-state index contributed by atoms with van der Waals surface area (Å²) >= 11 is 0. The molecule has 0 spiro atoms. The molecule has 2 aliphatic carbocycles. The minimum atomic E-state index is 0.655. The summed E-state index contributed by atoms with van der Waals surface area (Å²) in [7, 11) is 0. The zero-order chi connectivity index (χ0) is 8.72. The lowest BCUT2D eigenvalue weighted by molar-refractivity contribution is 0.378. The van der Waals surface area contributed by atoms with E-state index in [2.05, 4.69) is 26.0 Å². The predicted octanol–water partition coefficient (Wildman–Crippen LogP) is 2.45. The molecule has 3 atom stereocenters. The Hall–Kier alpha value is -0.720. The van der Waals surface area contributed by atoms with Crippen LogP contribution in [0.15, 0.2) is 23.4 Å². The van der Waals surface area contributed by atoms with Gasteiger partial charge in [-0.1, -0.05) is 25.5 Å². The minimum Gasteiger partial charge on any atom is -0.399 e. The monoisotopic (exact) mass is 163 g/mol. The Morgan fingerprint density at radius 3 is 2.92 bits per heavy atom. The Kier molecular flexibility index (Phi) is 1.75. The van der Waals surface area contributed by atoms with Crippen molar-refractivity contribution in [3.63, 3.8) is 0 Å². The van der Waals surface area contributed by atoms with E-state index in [0.717, 1.165) is 17.5 Å². The molecule has 2 rings (SSSR count). The van der Waals surface area contributed by atoms with Gasteiger partial charge < -0.3 is 5.73 Å². The van der Waals surface area contributed by atoms with Crippen molar-refractivity contribution in [3.05, 3.63) is 23.4 Å². The van der Waals surface area contributed by atoms with Crippen molar-refractivity contribution in [1.82, 2.24) is 0 Å². The van der Waals surface area contributed by atoms with Crippen LogP contribution >= 0.6 is 0 Å². The predicted molar refractivity (Wildman–Crippen MR) is 51.4 cm³/mol. The molecule has 1 fully saturated rings. The first-order valence-corrected chi connectivity index (χ1v) is 4.86. The second-order valence-corrected chi connectivity index (χ2v) is 4.29. The second kappa shape index (κ2) is 2.65. The molecule has 0 bridgehead atoms. The molecular formula is C11H17N. The van der Waals surface area contributed by atoms with Crippen LogP contribution in [-0.4, -0.2) is 0 Å². The third kappa shape index (κ3) is 1.08. The van der Waals surface area contributed by atoms with Crippen LogP contribution in [-0.2, 0) is 0 Å². The molecule has 0 aromatic heterocycles. The van der Waals surface area contributed by atoms with Crippen molar-refractivity contribution in [2.75, 3.05) is 0 Å². The molecule has 0 amide bonds. The Balaban J connectivity index is 2.30. The molecule has 0 aromatic rings. The summed E-state index contributed by atoms with van der Waals surface area (Å²) in [6.45, 7) is 4.64. The first kappa shape index (κ1) is 7.90. The van der Waals surface area contributed by atoms with Crippen molar-refractivity contribution >= 4 is 0 Å². The van der Waals surface area contributed by atoms with E-state index in [9.17, 15) is 0 Å². The quantitative estimate of drug-likeness (QED) is 0.583. The van der Waals surface area contributed by atoms with E-state index in [1.165, 1.54) is 12.8 Å². The molecule has 1 nitrogen and oxygen atoms in total. The largest absolute Gasteiger partial charge is 0.399 e.